The van der Waals surface area contributed by atoms with E-state index in [1.807, 2.05) is 0 Å². The molecule has 1 N–H and O–H groups in total. The monoisotopic (exact) mass is 523 g/mol. The number of ether oxygens (including phenoxy) is 2. The second kappa shape index (κ2) is 11.4. The Labute approximate surface area is 216 Å². The summed E-state index contributed by atoms with van der Waals surface area (Å²) >= 11 is 0. The molecule has 37 heavy (non-hydrogen) atoms. The van der Waals surface area contributed by atoms with Gasteiger partial charge in [-0.25, -0.2) is 8.42 Å². The molecule has 0 atom stereocenters. The number of morpholine rings is 1. The van der Waals surface area contributed by atoms with Gasteiger partial charge in [-0.1, -0.05) is 30.3 Å². The Morgan fingerprint density at radius 3 is 2.35 bits per heavy atom. The lowest BCUT2D eigenvalue weighted by molar-refractivity contribution is -0.114. The third-order valence-corrected chi connectivity index (χ3v) is 7.79. The number of para-hydroxylation sites is 2. The first-order valence-electron chi connectivity index (χ1n) is 11.8. The van der Waals surface area contributed by atoms with Gasteiger partial charge in [-0.15, -0.1) is 0 Å². The van der Waals surface area contributed by atoms with Crippen molar-refractivity contribution in [1.29, 1.82) is 0 Å². The van der Waals surface area contributed by atoms with Gasteiger partial charge in [-0.3, -0.25) is 13.9 Å². The van der Waals surface area contributed by atoms with Gasteiger partial charge in [-0.05, 0) is 55.0 Å². The van der Waals surface area contributed by atoms with Gasteiger partial charge >= 0.3 is 0 Å². The van der Waals surface area contributed by atoms with E-state index in [2.05, 4.69) is 5.32 Å². The van der Waals surface area contributed by atoms with E-state index >= 15 is 0 Å². The zero-order valence-electron chi connectivity index (χ0n) is 20.7. The van der Waals surface area contributed by atoms with Gasteiger partial charge in [-0.2, -0.15) is 0 Å². The number of hydrogen-bond acceptors (Lipinski definition) is 6. The second-order valence-electron chi connectivity index (χ2n) is 8.48. The van der Waals surface area contributed by atoms with Crippen molar-refractivity contribution in [3.63, 3.8) is 0 Å². The van der Waals surface area contributed by atoms with Crippen molar-refractivity contribution in [2.24, 2.45) is 0 Å². The maximum atomic E-state index is 13.7. The molecule has 1 aliphatic rings. The number of benzene rings is 3. The number of rotatable bonds is 8. The zero-order valence-corrected chi connectivity index (χ0v) is 21.5. The van der Waals surface area contributed by atoms with E-state index in [1.54, 1.807) is 72.5 Å². The highest BCUT2D eigenvalue weighted by atomic mass is 32.2. The number of nitrogens with zero attached hydrogens (tertiary/aromatic N) is 2. The van der Waals surface area contributed by atoms with Crippen LogP contribution in [-0.2, 0) is 19.6 Å². The van der Waals surface area contributed by atoms with Gasteiger partial charge in [0.25, 0.3) is 15.9 Å². The molecule has 1 aliphatic heterocycles. The maximum absolute atomic E-state index is 13.7. The summed E-state index contributed by atoms with van der Waals surface area (Å²) in [5, 5.41) is 2.74. The highest BCUT2D eigenvalue weighted by Gasteiger charge is 2.28. The van der Waals surface area contributed by atoms with Crippen LogP contribution < -0.4 is 14.4 Å². The van der Waals surface area contributed by atoms with Crippen molar-refractivity contribution >= 4 is 33.2 Å². The number of hydrogen-bond donors (Lipinski definition) is 1. The van der Waals surface area contributed by atoms with Crippen LogP contribution in [0.2, 0.25) is 0 Å². The molecule has 3 aromatic carbocycles. The first-order chi connectivity index (χ1) is 17.8. The summed E-state index contributed by atoms with van der Waals surface area (Å²) in [7, 11) is -2.59. The summed E-state index contributed by atoms with van der Waals surface area (Å²) in [5.41, 5.74) is 1.63. The third kappa shape index (κ3) is 5.92. The lowest BCUT2D eigenvalue weighted by atomic mass is 10.1. The van der Waals surface area contributed by atoms with Gasteiger partial charge in [0.1, 0.15) is 12.3 Å². The number of amides is 2. The van der Waals surface area contributed by atoms with E-state index in [9.17, 15) is 18.0 Å². The van der Waals surface area contributed by atoms with E-state index in [-0.39, 0.29) is 10.8 Å². The van der Waals surface area contributed by atoms with E-state index in [0.29, 0.717) is 54.6 Å². The summed E-state index contributed by atoms with van der Waals surface area (Å²) in [6.45, 7) is 3.09. The fourth-order valence-electron chi connectivity index (χ4n) is 4.08. The largest absolute Gasteiger partial charge is 0.496 e. The van der Waals surface area contributed by atoms with Gasteiger partial charge in [0, 0.05) is 13.1 Å². The van der Waals surface area contributed by atoms with Crippen molar-refractivity contribution in [2.75, 3.05) is 49.6 Å². The Kier molecular flexibility index (Phi) is 8.10. The predicted octanol–water partition coefficient (Wildman–Crippen LogP) is 3.31. The Bertz CT molecular complexity index is 1370. The molecule has 0 aliphatic carbocycles. The first-order valence-corrected chi connectivity index (χ1v) is 13.2. The molecule has 1 fully saturated rings. The fraction of sp³-hybridized carbons (Fsp3) is 0.259. The van der Waals surface area contributed by atoms with E-state index < -0.39 is 22.5 Å². The van der Waals surface area contributed by atoms with E-state index in [0.717, 1.165) is 4.31 Å². The SMILES string of the molecule is COc1ccc(S(=O)(=O)N(CC(=O)Nc2ccccc2C(=O)N2CCOCC2)c2ccccc2)cc1C. The third-order valence-electron chi connectivity index (χ3n) is 6.02. The molecule has 0 unspecified atom stereocenters. The summed E-state index contributed by atoms with van der Waals surface area (Å²) in [5.74, 6) is -0.246. The molecule has 4 rings (SSSR count). The molecular formula is C27H29N3O6S. The topological polar surface area (TPSA) is 105 Å². The number of carbonyl (C=O) groups is 2. The Morgan fingerprint density at radius 2 is 1.68 bits per heavy atom. The Morgan fingerprint density at radius 1 is 1.00 bits per heavy atom. The highest BCUT2D eigenvalue weighted by molar-refractivity contribution is 7.92. The van der Waals surface area contributed by atoms with Crippen LogP contribution in [0.3, 0.4) is 0 Å². The van der Waals surface area contributed by atoms with Crippen molar-refractivity contribution in [3.8, 4) is 5.75 Å². The highest BCUT2D eigenvalue weighted by Crippen LogP contribution is 2.27. The predicted molar refractivity (Wildman–Crippen MR) is 140 cm³/mol. The van der Waals surface area contributed by atoms with Crippen LogP contribution in [0.1, 0.15) is 15.9 Å². The van der Waals surface area contributed by atoms with Gasteiger partial charge < -0.3 is 19.7 Å². The lowest BCUT2D eigenvalue weighted by Gasteiger charge is -2.28. The molecule has 0 aromatic heterocycles. The van der Waals surface area contributed by atoms with Crippen molar-refractivity contribution in [2.45, 2.75) is 11.8 Å². The minimum absolute atomic E-state index is 0.0327. The first kappa shape index (κ1) is 26.2. The van der Waals surface area contributed by atoms with Crippen LogP contribution >= 0.6 is 0 Å². The van der Waals surface area contributed by atoms with Crippen LogP contribution in [0, 0.1) is 6.92 Å². The average molecular weight is 524 g/mol. The normalized spacial score (nSPS) is 13.6. The van der Waals surface area contributed by atoms with Gasteiger partial charge in [0.15, 0.2) is 0 Å². The molecule has 2 amide bonds. The van der Waals surface area contributed by atoms with Crippen LogP contribution in [0.25, 0.3) is 0 Å². The molecule has 1 saturated heterocycles. The summed E-state index contributed by atoms with van der Waals surface area (Å²) < 4.78 is 39.0. The van der Waals surface area contributed by atoms with Crippen LogP contribution in [0.15, 0.2) is 77.7 Å². The number of methoxy groups -OCH3 is 1. The van der Waals surface area contributed by atoms with Crippen molar-refractivity contribution in [3.05, 3.63) is 83.9 Å². The lowest BCUT2D eigenvalue weighted by Crippen LogP contribution is -2.41. The van der Waals surface area contributed by atoms with Crippen LogP contribution in [0.4, 0.5) is 11.4 Å². The number of anilines is 2. The summed E-state index contributed by atoms with van der Waals surface area (Å²) in [6, 6.07) is 19.6. The number of aryl methyl sites for hydroxylation is 1. The molecule has 1 heterocycles. The Balaban J connectivity index is 1.61. The minimum Gasteiger partial charge on any atom is -0.496 e. The van der Waals surface area contributed by atoms with Crippen LogP contribution in [0.5, 0.6) is 5.75 Å². The molecular weight excluding hydrogens is 494 g/mol. The molecule has 0 spiro atoms. The molecule has 3 aromatic rings. The van der Waals surface area contributed by atoms with Gasteiger partial charge in [0.2, 0.25) is 5.91 Å². The standard InChI is InChI=1S/C27H29N3O6S/c1-20-18-22(12-13-25(20)35-2)37(33,34)30(21-8-4-3-5-9-21)19-26(31)28-24-11-7-6-10-23(24)27(32)29-14-16-36-17-15-29/h3-13,18H,14-17,19H2,1-2H3,(H,28,31). The molecule has 9 nitrogen and oxygen atoms in total. The van der Waals surface area contributed by atoms with Crippen molar-refractivity contribution < 1.29 is 27.5 Å². The average Bonchev–Trinajstić information content (AvgIpc) is 2.92. The van der Waals surface area contributed by atoms with E-state index in [4.69, 9.17) is 9.47 Å². The molecule has 194 valence electrons. The van der Waals surface area contributed by atoms with Crippen molar-refractivity contribution in [1.82, 2.24) is 4.90 Å². The number of carbonyl (C=O) groups excluding carboxylic acids is 2. The number of sulfonamides is 1. The number of nitrogens with one attached hydrogen (secondary N) is 1. The minimum atomic E-state index is -4.10. The summed E-state index contributed by atoms with van der Waals surface area (Å²) in [4.78, 5) is 28.0. The quantitative estimate of drug-likeness (QED) is 0.486. The second-order valence-corrected chi connectivity index (χ2v) is 10.3. The Hall–Kier alpha value is -3.89. The fourth-order valence-corrected chi connectivity index (χ4v) is 5.59. The maximum Gasteiger partial charge on any atom is 0.264 e. The van der Waals surface area contributed by atoms with Crippen LogP contribution in [-0.4, -0.2) is 65.1 Å². The molecule has 0 bridgehead atoms. The smallest absolute Gasteiger partial charge is 0.264 e. The zero-order chi connectivity index (χ0) is 26.4. The summed E-state index contributed by atoms with van der Waals surface area (Å²) in [6.07, 6.45) is 0. The molecule has 0 saturated carbocycles. The molecule has 0 radical (unpaired) electrons. The molecule has 10 heteroatoms. The van der Waals surface area contributed by atoms with Gasteiger partial charge in [0.05, 0.1) is 42.2 Å². The van der Waals surface area contributed by atoms with E-state index in [1.165, 1.54) is 19.2 Å².